The van der Waals surface area contributed by atoms with E-state index in [-0.39, 0.29) is 24.4 Å². The quantitative estimate of drug-likeness (QED) is 0.273. The van der Waals surface area contributed by atoms with Crippen LogP contribution in [0.3, 0.4) is 0 Å². The average Bonchev–Trinajstić information content (AvgIpc) is 3.58. The van der Waals surface area contributed by atoms with Gasteiger partial charge in [0, 0.05) is 43.4 Å². The lowest BCUT2D eigenvalue weighted by Gasteiger charge is -2.21. The van der Waals surface area contributed by atoms with Crippen molar-refractivity contribution in [1.82, 2.24) is 29.2 Å². The summed E-state index contributed by atoms with van der Waals surface area (Å²) in [6.07, 6.45) is 3.45. The number of hydrogen-bond acceptors (Lipinski definition) is 7. The number of para-hydroxylation sites is 1. The molecule has 2 aromatic carbocycles. The third-order valence-electron chi connectivity index (χ3n) is 7.83. The van der Waals surface area contributed by atoms with Crippen molar-refractivity contribution in [2.45, 2.75) is 25.4 Å². The van der Waals surface area contributed by atoms with Crippen LogP contribution in [0.2, 0.25) is 0 Å². The van der Waals surface area contributed by atoms with Gasteiger partial charge in [-0.2, -0.15) is 5.10 Å². The fourth-order valence-corrected chi connectivity index (χ4v) is 5.58. The smallest absolute Gasteiger partial charge is 0.272 e. The third kappa shape index (κ3) is 4.90. The number of carbonyl (C=O) groups is 2. The number of nitrogens with two attached hydrogens (primary N) is 2. The molecule has 3 aromatic heterocycles. The van der Waals surface area contributed by atoms with E-state index in [0.29, 0.717) is 39.7 Å². The van der Waals surface area contributed by atoms with Gasteiger partial charge in [-0.25, -0.2) is 14.6 Å². The first kappa shape index (κ1) is 27.2. The molecule has 5 aromatic rings. The summed E-state index contributed by atoms with van der Waals surface area (Å²) in [7, 11) is 4.94. The molecule has 6 rings (SSSR count). The van der Waals surface area contributed by atoms with E-state index in [4.69, 9.17) is 15.6 Å². The van der Waals surface area contributed by atoms with E-state index < -0.39 is 0 Å². The van der Waals surface area contributed by atoms with Crippen LogP contribution in [0, 0.1) is 0 Å². The number of nitrogen functional groups attached to an aromatic ring is 1. The molecule has 1 saturated heterocycles. The summed E-state index contributed by atoms with van der Waals surface area (Å²) < 4.78 is 9.42. The van der Waals surface area contributed by atoms with Crippen molar-refractivity contribution in [2.24, 2.45) is 0 Å². The normalized spacial score (nSPS) is 13.9. The molecular weight excluding hydrogens is 534 g/mol. The number of fused-ring (bicyclic) bond motifs is 2. The van der Waals surface area contributed by atoms with E-state index in [9.17, 15) is 9.59 Å². The molecule has 0 atom stereocenters. The van der Waals surface area contributed by atoms with Crippen LogP contribution in [0.5, 0.6) is 5.75 Å². The molecule has 0 aliphatic carbocycles. The van der Waals surface area contributed by atoms with Crippen molar-refractivity contribution in [3.8, 4) is 17.0 Å². The van der Waals surface area contributed by atoms with E-state index in [1.165, 1.54) is 11.2 Å². The van der Waals surface area contributed by atoms with Crippen molar-refractivity contribution >= 4 is 45.3 Å². The number of methoxy groups -OCH3 is 1. The number of likely N-dealkylation sites (N-methyl/N-ethyl adjacent to an activating group) is 1. The van der Waals surface area contributed by atoms with Gasteiger partial charge in [0.15, 0.2) is 5.65 Å². The molecule has 1 aliphatic rings. The summed E-state index contributed by atoms with van der Waals surface area (Å²) >= 11 is 0. The molecule has 4 heterocycles. The zero-order valence-electron chi connectivity index (χ0n) is 23.9. The molecule has 5 N–H and O–H groups in total. The molecule has 1 fully saturated rings. The Balaban J connectivity index is 1.36. The predicted octanol–water partition coefficient (Wildman–Crippen LogP) is 2.28. The Kier molecular flexibility index (Phi) is 7.21. The van der Waals surface area contributed by atoms with E-state index in [1.807, 2.05) is 41.1 Å². The van der Waals surface area contributed by atoms with Crippen molar-refractivity contribution in [2.75, 3.05) is 45.3 Å². The lowest BCUT2D eigenvalue weighted by Crippen LogP contribution is -2.86. The van der Waals surface area contributed by atoms with Crippen LogP contribution in [0.1, 0.15) is 29.4 Å². The molecule has 0 saturated carbocycles. The van der Waals surface area contributed by atoms with Crippen molar-refractivity contribution < 1.29 is 19.6 Å². The van der Waals surface area contributed by atoms with Gasteiger partial charge in [-0.1, -0.05) is 24.3 Å². The van der Waals surface area contributed by atoms with Crippen LogP contribution in [0.15, 0.2) is 54.9 Å². The van der Waals surface area contributed by atoms with Crippen LogP contribution in [-0.2, 0) is 11.3 Å². The number of quaternary nitrogens is 1. The van der Waals surface area contributed by atoms with E-state index in [2.05, 4.69) is 20.6 Å². The number of aromatic nitrogens is 5. The highest BCUT2D eigenvalue weighted by Crippen LogP contribution is 2.37. The summed E-state index contributed by atoms with van der Waals surface area (Å²) in [5.74, 6) is 0.345. The Labute approximate surface area is 242 Å². The maximum atomic E-state index is 13.6. The summed E-state index contributed by atoms with van der Waals surface area (Å²) in [6.45, 7) is 2.11. The Morgan fingerprint density at radius 1 is 1.12 bits per heavy atom. The number of nitrogens with zero attached hydrogens (tertiary/aromatic N) is 6. The topological polar surface area (TPSA) is 150 Å². The molecule has 0 bridgehead atoms. The Morgan fingerprint density at radius 3 is 2.67 bits per heavy atom. The van der Waals surface area contributed by atoms with Crippen molar-refractivity contribution in [1.29, 1.82) is 0 Å². The standard InChI is InChI=1S/C30H33N9O3/c1-37(2)25(40)16-38-22-7-5-4-6-18(22)14-23(38)30(41)35-21-9-8-19(15-24(21)42-3)27-26-28(31)33-17-34-29(26)39(36-27)20-10-12-32-13-11-20/h4-9,14-15,17,20,32H,10-13,16H2,1-3H3,(H,35,41)(H2,31,33,34)/p+1. The van der Waals surface area contributed by atoms with Gasteiger partial charge in [0.25, 0.3) is 5.91 Å². The first-order chi connectivity index (χ1) is 20.4. The maximum absolute atomic E-state index is 13.6. The second-order valence-corrected chi connectivity index (χ2v) is 10.7. The largest absolute Gasteiger partial charge is 0.495 e. The molecule has 216 valence electrons. The van der Waals surface area contributed by atoms with Crippen LogP contribution in [0.4, 0.5) is 11.5 Å². The Bertz CT molecular complexity index is 1800. The average molecular weight is 569 g/mol. The molecule has 1 aliphatic heterocycles. The SMILES string of the molecule is COc1cc(-c2nn(C3CC[NH2+]CC3)c3ncnc(N)c23)ccc1NC(=O)c1cc2ccccc2n1CC(=O)N(C)C. The highest BCUT2D eigenvalue weighted by molar-refractivity contribution is 6.08. The number of carbonyl (C=O) groups excluding carboxylic acids is 2. The Morgan fingerprint density at radius 2 is 1.90 bits per heavy atom. The fraction of sp³-hybridized carbons (Fsp3) is 0.300. The zero-order chi connectivity index (χ0) is 29.4. The highest BCUT2D eigenvalue weighted by atomic mass is 16.5. The molecular formula is C30H34N9O3+. The molecule has 12 heteroatoms. The first-order valence-electron chi connectivity index (χ1n) is 13.9. The number of nitrogens with one attached hydrogen (secondary N) is 1. The van der Waals surface area contributed by atoms with Crippen LogP contribution >= 0.6 is 0 Å². The molecule has 0 radical (unpaired) electrons. The highest BCUT2D eigenvalue weighted by Gasteiger charge is 2.26. The minimum atomic E-state index is -0.356. The summed E-state index contributed by atoms with van der Waals surface area (Å²) in [6, 6.07) is 15.1. The van der Waals surface area contributed by atoms with Crippen LogP contribution in [-0.4, -0.2) is 75.3 Å². The van der Waals surface area contributed by atoms with Crippen LogP contribution < -0.4 is 21.1 Å². The predicted molar refractivity (Wildman–Crippen MR) is 160 cm³/mol. The van der Waals surface area contributed by atoms with Crippen molar-refractivity contribution in [3.05, 3.63) is 60.6 Å². The van der Waals surface area contributed by atoms with Gasteiger partial charge in [-0.15, -0.1) is 0 Å². The third-order valence-corrected chi connectivity index (χ3v) is 7.83. The van der Waals surface area contributed by atoms with E-state index in [0.717, 1.165) is 42.4 Å². The second kappa shape index (κ2) is 11.1. The number of hydrogen-bond donors (Lipinski definition) is 3. The summed E-state index contributed by atoms with van der Waals surface area (Å²) in [5.41, 5.74) is 10.1. The van der Waals surface area contributed by atoms with E-state index >= 15 is 0 Å². The van der Waals surface area contributed by atoms with Gasteiger partial charge >= 0.3 is 0 Å². The lowest BCUT2D eigenvalue weighted by molar-refractivity contribution is -0.664. The molecule has 0 spiro atoms. The van der Waals surface area contributed by atoms with E-state index in [1.54, 1.807) is 37.9 Å². The van der Waals surface area contributed by atoms with Gasteiger partial charge in [-0.3, -0.25) is 9.59 Å². The second-order valence-electron chi connectivity index (χ2n) is 10.7. The fourth-order valence-electron chi connectivity index (χ4n) is 5.58. The zero-order valence-corrected chi connectivity index (χ0v) is 23.9. The van der Waals surface area contributed by atoms with Gasteiger partial charge in [0.05, 0.1) is 37.3 Å². The monoisotopic (exact) mass is 568 g/mol. The number of ether oxygens (including phenoxy) is 1. The molecule has 12 nitrogen and oxygen atoms in total. The number of benzene rings is 2. The molecule has 2 amide bonds. The van der Waals surface area contributed by atoms with Gasteiger partial charge in [0.1, 0.15) is 35.8 Å². The summed E-state index contributed by atoms with van der Waals surface area (Å²) in [5, 5.41) is 11.8. The van der Waals surface area contributed by atoms with Gasteiger partial charge in [0.2, 0.25) is 5.91 Å². The Hall–Kier alpha value is -4.97. The minimum absolute atomic E-state index is 0.0393. The number of piperidine rings is 1. The number of rotatable bonds is 7. The van der Waals surface area contributed by atoms with Gasteiger partial charge < -0.3 is 30.6 Å². The van der Waals surface area contributed by atoms with Gasteiger partial charge in [-0.05, 0) is 24.3 Å². The van der Waals surface area contributed by atoms with Crippen LogP contribution in [0.25, 0.3) is 33.2 Å². The van der Waals surface area contributed by atoms with Crippen molar-refractivity contribution in [3.63, 3.8) is 0 Å². The minimum Gasteiger partial charge on any atom is -0.495 e. The maximum Gasteiger partial charge on any atom is 0.272 e. The molecule has 0 unspecified atom stereocenters. The lowest BCUT2D eigenvalue weighted by atomic mass is 10.1. The number of anilines is 2. The number of amides is 2. The first-order valence-corrected chi connectivity index (χ1v) is 13.9. The molecule has 42 heavy (non-hydrogen) atoms. The summed E-state index contributed by atoms with van der Waals surface area (Å²) in [4.78, 5) is 36.5.